The van der Waals surface area contributed by atoms with Crippen molar-refractivity contribution in [3.8, 4) is 11.1 Å². The number of hydrogen-bond donors (Lipinski definition) is 0. The number of carbonyl (C=O) groups is 1. The number of hydrogen-bond acceptors (Lipinski definition) is 4. The lowest BCUT2D eigenvalue weighted by Gasteiger charge is -2.22. The van der Waals surface area contributed by atoms with Crippen LogP contribution >= 0.6 is 11.3 Å². The number of aromatic nitrogens is 1. The third-order valence-corrected chi connectivity index (χ3v) is 7.58. The molecule has 30 heavy (non-hydrogen) atoms. The summed E-state index contributed by atoms with van der Waals surface area (Å²) in [6.45, 7) is 6.36. The Hall–Kier alpha value is -2.20. The molecule has 0 N–H and O–H groups in total. The summed E-state index contributed by atoms with van der Waals surface area (Å²) >= 11 is 1.85. The molecule has 1 unspecified atom stereocenters. The van der Waals surface area contributed by atoms with Crippen LogP contribution in [0.1, 0.15) is 72.7 Å². The highest BCUT2D eigenvalue weighted by atomic mass is 32.1. The topological polar surface area (TPSA) is 39.2 Å². The monoisotopic (exact) mass is 421 g/mol. The van der Waals surface area contributed by atoms with E-state index in [2.05, 4.69) is 45.0 Å². The third-order valence-electron chi connectivity index (χ3n) is 6.39. The number of nitrogens with zero attached hydrogens (tertiary/aromatic N) is 1. The van der Waals surface area contributed by atoms with Crippen LogP contribution in [-0.4, -0.2) is 18.1 Å². The van der Waals surface area contributed by atoms with Crippen molar-refractivity contribution in [1.29, 1.82) is 0 Å². The summed E-state index contributed by atoms with van der Waals surface area (Å²) in [6.07, 6.45) is 7.45. The van der Waals surface area contributed by atoms with Gasteiger partial charge in [0, 0.05) is 16.0 Å². The van der Waals surface area contributed by atoms with Crippen molar-refractivity contribution in [3.63, 3.8) is 0 Å². The molecule has 0 aliphatic heterocycles. The van der Waals surface area contributed by atoms with Crippen LogP contribution in [0.4, 0.5) is 0 Å². The first-order valence-corrected chi connectivity index (χ1v) is 12.0. The molecule has 2 aromatic heterocycles. The van der Waals surface area contributed by atoms with Crippen molar-refractivity contribution in [2.24, 2.45) is 0 Å². The van der Waals surface area contributed by atoms with E-state index in [1.54, 1.807) is 0 Å². The number of esters is 1. The lowest BCUT2D eigenvalue weighted by molar-refractivity contribution is -0.142. The minimum atomic E-state index is -0.281. The van der Waals surface area contributed by atoms with Gasteiger partial charge in [-0.15, -0.1) is 11.3 Å². The Kier molecular flexibility index (Phi) is 6.24. The molecular formula is C26H31NO2S. The van der Waals surface area contributed by atoms with E-state index in [4.69, 9.17) is 9.72 Å². The summed E-state index contributed by atoms with van der Waals surface area (Å²) in [7, 11) is 1.49. The number of thiophene rings is 1. The molecule has 3 nitrogen and oxygen atoms in total. The highest BCUT2D eigenvalue weighted by Gasteiger charge is 2.30. The largest absolute Gasteiger partial charge is 0.469 e. The molecule has 4 rings (SSSR count). The molecule has 0 amide bonds. The van der Waals surface area contributed by atoms with Gasteiger partial charge in [-0.05, 0) is 73.3 Å². The average Bonchev–Trinajstić information content (AvgIpc) is 3.14. The lowest BCUT2D eigenvalue weighted by atomic mass is 9.83. The van der Waals surface area contributed by atoms with Crippen LogP contribution in [0.3, 0.4) is 0 Å². The Bertz CT molecular complexity index is 1070. The SMILES string of the molecule is CCCC(C(=O)OC)c1c(C)nc2sc3c(c2c1-c1ccc(CC)cc1)CCCC3. The molecule has 0 radical (unpaired) electrons. The third kappa shape index (κ3) is 3.66. The lowest BCUT2D eigenvalue weighted by Crippen LogP contribution is -2.17. The van der Waals surface area contributed by atoms with Crippen molar-refractivity contribution >= 4 is 27.5 Å². The summed E-state index contributed by atoms with van der Waals surface area (Å²) in [5, 5.41) is 1.28. The predicted molar refractivity (Wildman–Crippen MR) is 125 cm³/mol. The van der Waals surface area contributed by atoms with Gasteiger partial charge in [0.05, 0.1) is 13.0 Å². The summed E-state index contributed by atoms with van der Waals surface area (Å²) in [6, 6.07) is 8.88. The van der Waals surface area contributed by atoms with Crippen molar-refractivity contribution in [2.75, 3.05) is 7.11 Å². The maximum atomic E-state index is 12.9. The van der Waals surface area contributed by atoms with Gasteiger partial charge in [-0.2, -0.15) is 0 Å². The number of benzene rings is 1. The van der Waals surface area contributed by atoms with Crippen LogP contribution in [-0.2, 0) is 28.8 Å². The van der Waals surface area contributed by atoms with E-state index >= 15 is 0 Å². The maximum absolute atomic E-state index is 12.9. The van der Waals surface area contributed by atoms with Gasteiger partial charge in [0.15, 0.2) is 0 Å². The van der Waals surface area contributed by atoms with E-state index in [-0.39, 0.29) is 11.9 Å². The number of fused-ring (bicyclic) bond motifs is 3. The minimum absolute atomic E-state index is 0.156. The van der Waals surface area contributed by atoms with Gasteiger partial charge < -0.3 is 4.74 Å². The Morgan fingerprint density at radius 2 is 1.90 bits per heavy atom. The standard InChI is InChI=1S/C26H31NO2S/c1-5-9-20(26(28)29-4)22-16(3)27-25-24(19-10-7-8-11-21(19)30-25)23(22)18-14-12-17(6-2)13-15-18/h12-15,20H,5-11H2,1-4H3. The van der Waals surface area contributed by atoms with Crippen LogP contribution in [0, 0.1) is 6.92 Å². The van der Waals surface area contributed by atoms with Gasteiger partial charge in [-0.1, -0.05) is 44.5 Å². The fourth-order valence-corrected chi connectivity index (χ4v) is 6.18. The molecule has 1 aromatic carbocycles. The molecule has 0 fully saturated rings. The number of ether oxygens (including phenoxy) is 1. The normalized spacial score (nSPS) is 14.5. The highest BCUT2D eigenvalue weighted by Crippen LogP contribution is 2.45. The Morgan fingerprint density at radius 3 is 2.57 bits per heavy atom. The first kappa shape index (κ1) is 21.0. The summed E-state index contributed by atoms with van der Waals surface area (Å²) in [4.78, 5) is 20.5. The van der Waals surface area contributed by atoms with Crippen molar-refractivity contribution in [2.45, 2.75) is 71.6 Å². The van der Waals surface area contributed by atoms with Gasteiger partial charge in [0.2, 0.25) is 0 Å². The second kappa shape index (κ2) is 8.89. The van der Waals surface area contributed by atoms with E-state index in [1.165, 1.54) is 52.5 Å². The first-order chi connectivity index (χ1) is 14.6. The fourth-order valence-electron chi connectivity index (χ4n) is 4.86. The molecule has 0 saturated carbocycles. The van der Waals surface area contributed by atoms with E-state index in [0.29, 0.717) is 0 Å². The second-order valence-electron chi connectivity index (χ2n) is 8.29. The average molecular weight is 422 g/mol. The molecule has 1 atom stereocenters. The number of aryl methyl sites for hydroxylation is 4. The van der Waals surface area contributed by atoms with Crippen molar-refractivity contribution < 1.29 is 9.53 Å². The predicted octanol–water partition coefficient (Wildman–Crippen LogP) is 6.77. The minimum Gasteiger partial charge on any atom is -0.469 e. The molecule has 4 heteroatoms. The van der Waals surface area contributed by atoms with E-state index in [9.17, 15) is 4.79 Å². The van der Waals surface area contributed by atoms with E-state index < -0.39 is 0 Å². The molecule has 0 spiro atoms. The maximum Gasteiger partial charge on any atom is 0.313 e. The second-order valence-corrected chi connectivity index (χ2v) is 9.38. The van der Waals surface area contributed by atoms with Crippen LogP contribution in [0.5, 0.6) is 0 Å². The van der Waals surface area contributed by atoms with Crippen LogP contribution in [0.15, 0.2) is 24.3 Å². The van der Waals surface area contributed by atoms with Gasteiger partial charge in [0.1, 0.15) is 4.83 Å². The van der Waals surface area contributed by atoms with Crippen LogP contribution in [0.25, 0.3) is 21.3 Å². The Labute approximate surface area is 183 Å². The number of rotatable bonds is 6. The molecule has 1 aliphatic carbocycles. The smallest absolute Gasteiger partial charge is 0.313 e. The quantitative estimate of drug-likeness (QED) is 0.412. The van der Waals surface area contributed by atoms with Crippen molar-refractivity contribution in [3.05, 3.63) is 51.5 Å². The fraction of sp³-hybridized carbons (Fsp3) is 0.462. The highest BCUT2D eigenvalue weighted by molar-refractivity contribution is 7.19. The van der Waals surface area contributed by atoms with Gasteiger partial charge in [0.25, 0.3) is 0 Å². The van der Waals surface area contributed by atoms with E-state index in [1.807, 2.05) is 11.3 Å². The number of methoxy groups -OCH3 is 1. The molecule has 3 aromatic rings. The zero-order valence-electron chi connectivity index (χ0n) is 18.5. The molecule has 1 aliphatic rings. The number of carbonyl (C=O) groups excluding carboxylic acids is 1. The van der Waals surface area contributed by atoms with Crippen LogP contribution in [0.2, 0.25) is 0 Å². The van der Waals surface area contributed by atoms with Crippen molar-refractivity contribution in [1.82, 2.24) is 4.98 Å². The van der Waals surface area contributed by atoms with Gasteiger partial charge in [-0.25, -0.2) is 4.98 Å². The number of pyridine rings is 1. The summed E-state index contributed by atoms with van der Waals surface area (Å²) in [5.74, 6) is -0.437. The first-order valence-electron chi connectivity index (χ1n) is 11.2. The Balaban J connectivity index is 2.06. The van der Waals surface area contributed by atoms with Gasteiger partial charge >= 0.3 is 5.97 Å². The molecular weight excluding hydrogens is 390 g/mol. The molecule has 0 bridgehead atoms. The zero-order chi connectivity index (χ0) is 21.3. The molecule has 2 heterocycles. The summed E-state index contributed by atoms with van der Waals surface area (Å²) in [5.41, 5.74) is 7.21. The van der Waals surface area contributed by atoms with Crippen LogP contribution < -0.4 is 0 Å². The van der Waals surface area contributed by atoms with Gasteiger partial charge in [-0.3, -0.25) is 4.79 Å². The molecule has 158 valence electrons. The Morgan fingerprint density at radius 1 is 1.17 bits per heavy atom. The summed E-state index contributed by atoms with van der Waals surface area (Å²) < 4.78 is 5.24. The van der Waals surface area contributed by atoms with E-state index in [0.717, 1.165) is 48.2 Å². The molecule has 0 saturated heterocycles. The zero-order valence-corrected chi connectivity index (χ0v) is 19.3.